The van der Waals surface area contributed by atoms with E-state index in [0.717, 1.165) is 44.3 Å². The summed E-state index contributed by atoms with van der Waals surface area (Å²) in [6.07, 6.45) is 3.14. The van der Waals surface area contributed by atoms with E-state index >= 15 is 0 Å². The van der Waals surface area contributed by atoms with E-state index in [1.54, 1.807) is 6.07 Å². The molecule has 102 valence electrons. The first-order chi connectivity index (χ1) is 9.10. The number of likely N-dealkylation sites (tertiary alicyclic amines) is 1. The summed E-state index contributed by atoms with van der Waals surface area (Å²) < 4.78 is 0. The molecule has 1 aliphatic heterocycles. The molecule has 2 N–H and O–H groups in total. The fraction of sp³-hybridized carbons (Fsp3) is 0.467. The summed E-state index contributed by atoms with van der Waals surface area (Å²) in [6.45, 7) is 4.68. The van der Waals surface area contributed by atoms with Gasteiger partial charge in [0, 0.05) is 24.6 Å². The quantitative estimate of drug-likeness (QED) is 0.835. The second kappa shape index (κ2) is 5.97. The van der Waals surface area contributed by atoms with E-state index in [2.05, 4.69) is 4.90 Å². The first-order valence-corrected chi connectivity index (χ1v) is 6.67. The first kappa shape index (κ1) is 13.7. The Kier molecular flexibility index (Phi) is 4.32. The van der Waals surface area contributed by atoms with Gasteiger partial charge in [0.05, 0.1) is 0 Å². The smallest absolute Gasteiger partial charge is 0.248 e. The number of nitrogens with two attached hydrogens (primary N) is 1. The molecule has 19 heavy (non-hydrogen) atoms. The van der Waals surface area contributed by atoms with Gasteiger partial charge in [0.15, 0.2) is 0 Å². The van der Waals surface area contributed by atoms with Crippen LogP contribution in [-0.4, -0.2) is 30.2 Å². The number of rotatable bonds is 4. The minimum absolute atomic E-state index is 0.166. The number of benzene rings is 1. The minimum Gasteiger partial charge on any atom is -0.366 e. The van der Waals surface area contributed by atoms with Crippen LogP contribution in [0.25, 0.3) is 0 Å². The normalized spacial score (nSPS) is 20.2. The number of aryl methyl sites for hydroxylation is 1. The van der Waals surface area contributed by atoms with Crippen molar-refractivity contribution in [1.29, 1.82) is 0 Å². The second-order valence-electron chi connectivity index (χ2n) is 5.28. The molecule has 1 aromatic rings. The van der Waals surface area contributed by atoms with E-state index < -0.39 is 5.91 Å². The van der Waals surface area contributed by atoms with Crippen molar-refractivity contribution in [3.05, 3.63) is 34.9 Å². The average molecular weight is 260 g/mol. The van der Waals surface area contributed by atoms with Crippen molar-refractivity contribution < 1.29 is 9.59 Å². The molecular weight excluding hydrogens is 240 g/mol. The van der Waals surface area contributed by atoms with Crippen LogP contribution in [0.15, 0.2) is 18.2 Å². The molecule has 0 spiro atoms. The van der Waals surface area contributed by atoms with Crippen LogP contribution in [0.3, 0.4) is 0 Å². The summed E-state index contributed by atoms with van der Waals surface area (Å²) in [5.74, 6) is -0.229. The topological polar surface area (TPSA) is 63.4 Å². The van der Waals surface area contributed by atoms with Gasteiger partial charge >= 0.3 is 0 Å². The van der Waals surface area contributed by atoms with Gasteiger partial charge in [-0.3, -0.25) is 9.69 Å². The van der Waals surface area contributed by atoms with Gasteiger partial charge in [-0.15, -0.1) is 0 Å². The van der Waals surface area contributed by atoms with Crippen LogP contribution < -0.4 is 5.73 Å². The fourth-order valence-corrected chi connectivity index (χ4v) is 2.61. The lowest BCUT2D eigenvalue weighted by Crippen LogP contribution is -2.35. The number of hydrogen-bond acceptors (Lipinski definition) is 3. The molecule has 1 fully saturated rings. The Labute approximate surface area is 113 Å². The third kappa shape index (κ3) is 3.41. The van der Waals surface area contributed by atoms with Gasteiger partial charge in [-0.1, -0.05) is 6.07 Å². The maximum absolute atomic E-state index is 11.1. The molecule has 2 rings (SSSR count). The molecule has 1 atom stereocenters. The molecule has 1 aliphatic rings. The van der Waals surface area contributed by atoms with Gasteiger partial charge < -0.3 is 10.5 Å². The Morgan fingerprint density at radius 2 is 2.32 bits per heavy atom. The zero-order chi connectivity index (χ0) is 13.8. The Morgan fingerprint density at radius 1 is 1.53 bits per heavy atom. The number of piperidine rings is 1. The van der Waals surface area contributed by atoms with Crippen LogP contribution in [-0.2, 0) is 11.3 Å². The number of carbonyl (C=O) groups is 2. The van der Waals surface area contributed by atoms with Crippen LogP contribution in [0.1, 0.15) is 34.3 Å². The van der Waals surface area contributed by atoms with E-state index in [4.69, 9.17) is 5.73 Å². The zero-order valence-corrected chi connectivity index (χ0v) is 11.3. The van der Waals surface area contributed by atoms with Crippen molar-refractivity contribution in [2.75, 3.05) is 13.1 Å². The van der Waals surface area contributed by atoms with Gasteiger partial charge in [0.1, 0.15) is 6.29 Å². The lowest BCUT2D eigenvalue weighted by atomic mass is 9.98. The summed E-state index contributed by atoms with van der Waals surface area (Å²) in [5.41, 5.74) is 8.08. The number of carbonyl (C=O) groups excluding carboxylic acids is 2. The van der Waals surface area contributed by atoms with Crippen molar-refractivity contribution >= 4 is 12.2 Å². The number of nitrogens with zero attached hydrogens (tertiary/aromatic N) is 1. The summed E-state index contributed by atoms with van der Waals surface area (Å²) in [4.78, 5) is 24.3. The largest absolute Gasteiger partial charge is 0.366 e. The van der Waals surface area contributed by atoms with Crippen molar-refractivity contribution in [1.82, 2.24) is 4.90 Å². The maximum atomic E-state index is 11.1. The highest BCUT2D eigenvalue weighted by molar-refractivity contribution is 5.93. The molecule has 4 heteroatoms. The third-order valence-corrected chi connectivity index (χ3v) is 3.76. The van der Waals surface area contributed by atoms with Crippen molar-refractivity contribution in [2.45, 2.75) is 26.3 Å². The number of hydrogen-bond donors (Lipinski definition) is 1. The average Bonchev–Trinajstić information content (AvgIpc) is 2.41. The number of aldehydes is 1. The highest BCUT2D eigenvalue weighted by Gasteiger charge is 2.19. The van der Waals surface area contributed by atoms with E-state index in [1.165, 1.54) is 5.56 Å². The first-order valence-electron chi connectivity index (χ1n) is 6.67. The van der Waals surface area contributed by atoms with Crippen molar-refractivity contribution in [3.8, 4) is 0 Å². The van der Waals surface area contributed by atoms with E-state index in [9.17, 15) is 9.59 Å². The van der Waals surface area contributed by atoms with E-state index in [0.29, 0.717) is 5.56 Å². The second-order valence-corrected chi connectivity index (χ2v) is 5.28. The van der Waals surface area contributed by atoms with Crippen LogP contribution in [0.4, 0.5) is 0 Å². The van der Waals surface area contributed by atoms with Gasteiger partial charge in [-0.25, -0.2) is 0 Å². The molecule has 0 aliphatic carbocycles. The molecular formula is C15H20N2O2. The lowest BCUT2D eigenvalue weighted by Gasteiger charge is -2.30. The SMILES string of the molecule is Cc1cc(C(N)=O)ccc1CN1CCCC(C=O)C1. The van der Waals surface area contributed by atoms with Crippen LogP contribution in [0, 0.1) is 12.8 Å². The van der Waals surface area contributed by atoms with Crippen LogP contribution in [0.5, 0.6) is 0 Å². The van der Waals surface area contributed by atoms with Crippen LogP contribution >= 0.6 is 0 Å². The Hall–Kier alpha value is -1.68. The van der Waals surface area contributed by atoms with Gasteiger partial charge in [0.25, 0.3) is 0 Å². The predicted octanol–water partition coefficient (Wildman–Crippen LogP) is 1.50. The van der Waals surface area contributed by atoms with Gasteiger partial charge in [-0.2, -0.15) is 0 Å². The van der Waals surface area contributed by atoms with Crippen molar-refractivity contribution in [3.63, 3.8) is 0 Å². The zero-order valence-electron chi connectivity index (χ0n) is 11.3. The summed E-state index contributed by atoms with van der Waals surface area (Å²) in [7, 11) is 0. The molecule has 1 aromatic carbocycles. The number of primary amides is 1. The highest BCUT2D eigenvalue weighted by atomic mass is 16.1. The molecule has 0 bridgehead atoms. The Morgan fingerprint density at radius 3 is 2.95 bits per heavy atom. The molecule has 1 heterocycles. The summed E-state index contributed by atoms with van der Waals surface area (Å²) in [5, 5.41) is 0. The van der Waals surface area contributed by atoms with Gasteiger partial charge in [0.2, 0.25) is 5.91 Å². The third-order valence-electron chi connectivity index (χ3n) is 3.76. The molecule has 0 radical (unpaired) electrons. The minimum atomic E-state index is -0.395. The number of amides is 1. The standard InChI is InChI=1S/C15H20N2O2/c1-11-7-13(15(16)19)4-5-14(11)9-17-6-2-3-12(8-17)10-18/h4-5,7,10,12H,2-3,6,8-9H2,1H3,(H2,16,19). The molecule has 1 amide bonds. The van der Waals surface area contributed by atoms with E-state index in [-0.39, 0.29) is 5.92 Å². The van der Waals surface area contributed by atoms with Gasteiger partial charge in [-0.05, 0) is 49.6 Å². The fourth-order valence-electron chi connectivity index (χ4n) is 2.61. The molecule has 0 aromatic heterocycles. The highest BCUT2D eigenvalue weighted by Crippen LogP contribution is 2.19. The molecule has 1 saturated heterocycles. The molecule has 1 unspecified atom stereocenters. The van der Waals surface area contributed by atoms with E-state index in [1.807, 2.05) is 19.1 Å². The molecule has 4 nitrogen and oxygen atoms in total. The lowest BCUT2D eigenvalue weighted by molar-refractivity contribution is -0.112. The Bertz CT molecular complexity index is 485. The summed E-state index contributed by atoms with van der Waals surface area (Å²) >= 11 is 0. The summed E-state index contributed by atoms with van der Waals surface area (Å²) in [6, 6.07) is 5.56. The monoisotopic (exact) mass is 260 g/mol. The predicted molar refractivity (Wildman–Crippen MR) is 73.8 cm³/mol. The molecule has 0 saturated carbocycles. The van der Waals surface area contributed by atoms with Crippen LogP contribution in [0.2, 0.25) is 0 Å². The Balaban J connectivity index is 2.06. The van der Waals surface area contributed by atoms with Crippen molar-refractivity contribution in [2.24, 2.45) is 11.7 Å². The maximum Gasteiger partial charge on any atom is 0.248 e.